The van der Waals surface area contributed by atoms with E-state index in [9.17, 15) is 20.0 Å². The number of aromatic carboxylic acids is 1. The number of benzene rings is 2. The molecule has 0 unspecified atom stereocenters. The lowest BCUT2D eigenvalue weighted by Gasteiger charge is -2.27. The lowest BCUT2D eigenvalue weighted by molar-refractivity contribution is -0.385. The van der Waals surface area contributed by atoms with Crippen molar-refractivity contribution in [2.45, 2.75) is 19.8 Å². The van der Waals surface area contributed by atoms with E-state index < -0.39 is 10.9 Å². The van der Waals surface area contributed by atoms with Gasteiger partial charge in [-0.05, 0) is 48.1 Å². The lowest BCUT2D eigenvalue weighted by atomic mass is 9.80. The second-order valence-electron chi connectivity index (χ2n) is 7.12. The van der Waals surface area contributed by atoms with Crippen molar-refractivity contribution >= 4 is 34.2 Å². The van der Waals surface area contributed by atoms with Crippen LogP contribution in [0.25, 0.3) is 22.6 Å². The van der Waals surface area contributed by atoms with Gasteiger partial charge in [0.1, 0.15) is 0 Å². The van der Waals surface area contributed by atoms with Gasteiger partial charge in [0.15, 0.2) is 0 Å². The van der Waals surface area contributed by atoms with Gasteiger partial charge in [0, 0.05) is 17.0 Å². The van der Waals surface area contributed by atoms with Crippen molar-refractivity contribution in [3.8, 4) is 0 Å². The number of hydrogen-bond donors (Lipinski definition) is 0. The average Bonchev–Trinajstić information content (AvgIpc) is 2.66. The molecular formula is C22H17N2O4-. The molecule has 3 aromatic rings. The third-order valence-corrected chi connectivity index (χ3v) is 5.09. The number of allylic oxidation sites excluding steroid dienone is 1. The molecule has 4 rings (SSSR count). The molecule has 2 aromatic carbocycles. The minimum atomic E-state index is -1.23. The van der Waals surface area contributed by atoms with E-state index in [2.05, 4.69) is 0 Å². The summed E-state index contributed by atoms with van der Waals surface area (Å²) in [6, 6.07) is 13.6. The van der Waals surface area contributed by atoms with Gasteiger partial charge in [-0.15, -0.1) is 0 Å². The Bertz CT molecular complexity index is 1150. The Morgan fingerprint density at radius 1 is 1.14 bits per heavy atom. The highest BCUT2D eigenvalue weighted by molar-refractivity contribution is 6.05. The summed E-state index contributed by atoms with van der Waals surface area (Å²) in [5.74, 6) is -1.04. The van der Waals surface area contributed by atoms with Gasteiger partial charge in [0.2, 0.25) is 0 Å². The second-order valence-corrected chi connectivity index (χ2v) is 7.12. The summed E-state index contributed by atoms with van der Waals surface area (Å²) < 4.78 is 0. The predicted molar refractivity (Wildman–Crippen MR) is 105 cm³/mol. The summed E-state index contributed by atoms with van der Waals surface area (Å²) in [5.41, 5.74) is 3.26. The summed E-state index contributed by atoms with van der Waals surface area (Å²) in [4.78, 5) is 27.6. The van der Waals surface area contributed by atoms with Crippen molar-refractivity contribution in [1.29, 1.82) is 0 Å². The van der Waals surface area contributed by atoms with Gasteiger partial charge in [0.25, 0.3) is 5.69 Å². The highest BCUT2D eigenvalue weighted by atomic mass is 16.6. The first-order chi connectivity index (χ1) is 13.5. The number of carbonyl (C=O) groups is 1. The number of carboxylic acid groups (broad SMARTS) is 1. The molecule has 0 bridgehead atoms. The van der Waals surface area contributed by atoms with Gasteiger partial charge in [-0.25, -0.2) is 4.98 Å². The number of rotatable bonds is 3. The molecule has 6 heteroatoms. The van der Waals surface area contributed by atoms with E-state index in [0.29, 0.717) is 40.6 Å². The number of aromatic nitrogens is 1. The molecule has 0 spiro atoms. The Morgan fingerprint density at radius 3 is 2.61 bits per heavy atom. The largest absolute Gasteiger partial charge is 0.545 e. The van der Waals surface area contributed by atoms with Crippen molar-refractivity contribution in [1.82, 2.24) is 4.98 Å². The molecule has 1 atom stereocenters. The number of pyridine rings is 1. The highest BCUT2D eigenvalue weighted by Gasteiger charge is 2.26. The van der Waals surface area contributed by atoms with E-state index in [-0.39, 0.29) is 17.2 Å². The first-order valence-corrected chi connectivity index (χ1v) is 9.03. The van der Waals surface area contributed by atoms with Crippen LogP contribution >= 0.6 is 0 Å². The molecule has 0 radical (unpaired) electrons. The zero-order valence-electron chi connectivity index (χ0n) is 15.2. The van der Waals surface area contributed by atoms with Crippen LogP contribution in [0.3, 0.4) is 0 Å². The van der Waals surface area contributed by atoms with Crippen molar-refractivity contribution < 1.29 is 14.8 Å². The topological polar surface area (TPSA) is 96.2 Å². The molecule has 0 saturated heterocycles. The van der Waals surface area contributed by atoms with E-state index in [1.165, 1.54) is 6.07 Å². The number of nitro groups is 1. The first-order valence-electron chi connectivity index (χ1n) is 9.03. The standard InChI is InChI=1S/C22H18N2O4/c1-13-10-15(12-14-6-2-5-9-19(14)24(27)28)21-17(11-13)20(22(25)26)16-7-3-4-8-18(16)23-21/h2-9,12-13H,10-11H2,1H3,(H,25,26)/p-1/b15-12+/t13-/m0/s1. The maximum Gasteiger partial charge on any atom is 0.276 e. The Kier molecular flexibility index (Phi) is 4.39. The zero-order chi connectivity index (χ0) is 19.8. The number of para-hydroxylation sites is 2. The fourth-order valence-electron chi connectivity index (χ4n) is 3.93. The molecule has 1 aliphatic carbocycles. The van der Waals surface area contributed by atoms with Gasteiger partial charge < -0.3 is 9.90 Å². The number of carboxylic acids is 1. The van der Waals surface area contributed by atoms with Crippen LogP contribution in [-0.2, 0) is 6.42 Å². The smallest absolute Gasteiger partial charge is 0.276 e. The molecule has 0 aliphatic heterocycles. The van der Waals surface area contributed by atoms with Crippen molar-refractivity contribution in [3.05, 3.63) is 81.0 Å². The lowest BCUT2D eigenvalue weighted by Crippen LogP contribution is -2.27. The summed E-state index contributed by atoms with van der Waals surface area (Å²) >= 11 is 0. The average molecular weight is 373 g/mol. The molecule has 6 nitrogen and oxygen atoms in total. The van der Waals surface area contributed by atoms with Crippen LogP contribution in [0.5, 0.6) is 0 Å². The van der Waals surface area contributed by atoms with Crippen LogP contribution in [0.4, 0.5) is 5.69 Å². The Balaban J connectivity index is 2.00. The van der Waals surface area contributed by atoms with E-state index in [1.807, 2.05) is 6.92 Å². The van der Waals surface area contributed by atoms with Crippen LogP contribution in [0, 0.1) is 16.0 Å². The van der Waals surface area contributed by atoms with Gasteiger partial charge in [-0.3, -0.25) is 10.1 Å². The van der Waals surface area contributed by atoms with Crippen molar-refractivity contribution in [3.63, 3.8) is 0 Å². The normalized spacial score (nSPS) is 17.5. The highest BCUT2D eigenvalue weighted by Crippen LogP contribution is 2.39. The molecule has 1 aromatic heterocycles. The first kappa shape index (κ1) is 17.9. The monoisotopic (exact) mass is 373 g/mol. The summed E-state index contributed by atoms with van der Waals surface area (Å²) in [5, 5.41) is 23.9. The molecule has 0 fully saturated rings. The summed E-state index contributed by atoms with van der Waals surface area (Å²) in [6.45, 7) is 2.03. The van der Waals surface area contributed by atoms with Crippen molar-refractivity contribution in [2.24, 2.45) is 5.92 Å². The van der Waals surface area contributed by atoms with Crippen LogP contribution in [0.15, 0.2) is 48.5 Å². The number of fused-ring (bicyclic) bond motifs is 2. The quantitative estimate of drug-likeness (QED) is 0.516. The fourth-order valence-corrected chi connectivity index (χ4v) is 3.93. The molecule has 0 N–H and O–H groups in total. The second kappa shape index (κ2) is 6.88. The van der Waals surface area contributed by atoms with Gasteiger partial charge >= 0.3 is 0 Å². The third kappa shape index (κ3) is 3.03. The number of nitro benzene ring substituents is 1. The minimum absolute atomic E-state index is 0.00990. The number of carbonyl (C=O) groups excluding carboxylic acids is 1. The number of hydrogen-bond acceptors (Lipinski definition) is 5. The van der Waals surface area contributed by atoms with Crippen LogP contribution in [-0.4, -0.2) is 15.9 Å². The fraction of sp³-hybridized carbons (Fsp3) is 0.182. The van der Waals surface area contributed by atoms with Crippen LogP contribution in [0.1, 0.15) is 40.5 Å². The minimum Gasteiger partial charge on any atom is -0.545 e. The van der Waals surface area contributed by atoms with Crippen LogP contribution in [0.2, 0.25) is 0 Å². The van der Waals surface area contributed by atoms with Gasteiger partial charge in [-0.1, -0.05) is 37.3 Å². The molecule has 1 heterocycles. The summed E-state index contributed by atoms with van der Waals surface area (Å²) in [7, 11) is 0. The maximum atomic E-state index is 12.0. The maximum absolute atomic E-state index is 12.0. The van der Waals surface area contributed by atoms with Gasteiger partial charge in [-0.2, -0.15) is 0 Å². The molecule has 0 amide bonds. The summed E-state index contributed by atoms with van der Waals surface area (Å²) in [6.07, 6.45) is 3.00. The Hall–Kier alpha value is -3.54. The molecule has 1 aliphatic rings. The van der Waals surface area contributed by atoms with E-state index in [1.54, 1.807) is 48.5 Å². The van der Waals surface area contributed by atoms with Gasteiger partial charge in [0.05, 0.1) is 27.7 Å². The van der Waals surface area contributed by atoms with E-state index in [0.717, 1.165) is 5.57 Å². The number of nitrogens with zero attached hydrogens (tertiary/aromatic N) is 2. The zero-order valence-corrected chi connectivity index (χ0v) is 15.2. The van der Waals surface area contributed by atoms with E-state index in [4.69, 9.17) is 4.98 Å². The SMILES string of the molecule is C[C@H]1C/C(=C\c2ccccc2[N+](=O)[O-])c2nc3ccccc3c(C(=O)[O-])c2C1. The molecular weight excluding hydrogens is 356 g/mol. The van der Waals surface area contributed by atoms with Crippen LogP contribution < -0.4 is 5.11 Å². The molecule has 140 valence electrons. The molecule has 0 saturated carbocycles. The molecule has 28 heavy (non-hydrogen) atoms. The van der Waals surface area contributed by atoms with E-state index >= 15 is 0 Å². The Morgan fingerprint density at radius 2 is 1.86 bits per heavy atom. The predicted octanol–water partition coefficient (Wildman–Crippen LogP) is 3.63. The van der Waals surface area contributed by atoms with Crippen molar-refractivity contribution in [2.75, 3.05) is 0 Å². The Labute approximate surface area is 161 Å². The third-order valence-electron chi connectivity index (χ3n) is 5.09.